The minimum Gasteiger partial charge on any atom is -0.332 e. The van der Waals surface area contributed by atoms with Gasteiger partial charge in [-0.2, -0.15) is 5.26 Å². The van der Waals surface area contributed by atoms with Crippen LogP contribution in [-0.4, -0.2) is 18.2 Å². The first kappa shape index (κ1) is 18.3. The molecule has 0 saturated heterocycles. The van der Waals surface area contributed by atoms with Gasteiger partial charge in [0.25, 0.3) is 5.91 Å². The van der Waals surface area contributed by atoms with Gasteiger partial charge >= 0.3 is 0 Å². The lowest BCUT2D eigenvalue weighted by Crippen LogP contribution is -2.86. The van der Waals surface area contributed by atoms with E-state index < -0.39 is 0 Å². The smallest absolute Gasteiger partial charge is 0.279 e. The minimum absolute atomic E-state index is 0.0843. The van der Waals surface area contributed by atoms with Crippen molar-refractivity contribution in [2.24, 2.45) is 0 Å². The highest BCUT2D eigenvalue weighted by Gasteiger charge is 2.15. The average Bonchev–Trinajstić information content (AvgIpc) is 2.59. The van der Waals surface area contributed by atoms with Gasteiger partial charge in [-0.05, 0) is 25.1 Å². The number of carbonyl (C=O) groups is 1. The van der Waals surface area contributed by atoms with E-state index in [0.29, 0.717) is 17.3 Å². The Kier molecular flexibility index (Phi) is 7.13. The predicted octanol–water partition coefficient (Wildman–Crippen LogP) is 3.22. The number of para-hydroxylation sites is 1. The molecule has 3 N–H and O–H groups in total. The Morgan fingerprint density at radius 2 is 2.00 bits per heavy atom. The van der Waals surface area contributed by atoms with E-state index in [2.05, 4.69) is 11.4 Å². The van der Waals surface area contributed by atoms with E-state index in [1.54, 1.807) is 0 Å². The van der Waals surface area contributed by atoms with Crippen molar-refractivity contribution in [1.82, 2.24) is 0 Å². The van der Waals surface area contributed by atoms with Crippen molar-refractivity contribution in [3.8, 4) is 6.07 Å². The summed E-state index contributed by atoms with van der Waals surface area (Å²) in [4.78, 5) is 13.1. The van der Waals surface area contributed by atoms with E-state index in [1.807, 2.05) is 60.8 Å². The van der Waals surface area contributed by atoms with Crippen LogP contribution in [0.5, 0.6) is 0 Å². The third-order valence-corrected chi connectivity index (χ3v) is 4.79. The molecular formula is C18H19ClN3OS+. The zero-order valence-electron chi connectivity index (χ0n) is 13.3. The van der Waals surface area contributed by atoms with Gasteiger partial charge in [-0.15, -0.1) is 11.8 Å². The Labute approximate surface area is 151 Å². The van der Waals surface area contributed by atoms with Crippen LogP contribution < -0.4 is 10.6 Å². The molecule has 24 heavy (non-hydrogen) atoms. The topological polar surface area (TPSA) is 69.5 Å². The molecule has 0 unspecified atom stereocenters. The van der Waals surface area contributed by atoms with E-state index in [1.165, 1.54) is 11.8 Å². The number of amides is 1. The van der Waals surface area contributed by atoms with Gasteiger partial charge in [0.2, 0.25) is 0 Å². The van der Waals surface area contributed by atoms with E-state index in [9.17, 15) is 4.79 Å². The molecule has 4 nitrogen and oxygen atoms in total. The number of rotatable bonds is 7. The Morgan fingerprint density at radius 1 is 1.29 bits per heavy atom. The normalized spacial score (nSPS) is 11.5. The molecule has 0 fully saturated rings. The molecule has 0 heterocycles. The number of hydrogen-bond donors (Lipinski definition) is 2. The molecule has 6 heteroatoms. The molecule has 0 aliphatic heterocycles. The summed E-state index contributed by atoms with van der Waals surface area (Å²) in [6.07, 6.45) is 0. The van der Waals surface area contributed by atoms with Crippen molar-refractivity contribution in [3.05, 3.63) is 59.1 Å². The highest BCUT2D eigenvalue weighted by atomic mass is 35.5. The molecule has 2 aromatic rings. The van der Waals surface area contributed by atoms with Crippen molar-refractivity contribution in [3.63, 3.8) is 0 Å². The van der Waals surface area contributed by atoms with Gasteiger partial charge in [-0.1, -0.05) is 41.9 Å². The van der Waals surface area contributed by atoms with Crippen LogP contribution in [0.1, 0.15) is 18.5 Å². The minimum atomic E-state index is -0.0843. The number of carbonyl (C=O) groups excluding carboxylic acids is 1. The Bertz CT molecular complexity index is 745. The van der Waals surface area contributed by atoms with Crippen LogP contribution in [0.25, 0.3) is 0 Å². The summed E-state index contributed by atoms with van der Waals surface area (Å²) in [5.41, 5.74) is 1.75. The second kappa shape index (κ2) is 9.33. The molecule has 1 atom stereocenters. The first-order valence-electron chi connectivity index (χ1n) is 7.58. The molecular weight excluding hydrogens is 342 g/mol. The molecule has 0 aliphatic rings. The van der Waals surface area contributed by atoms with Crippen LogP contribution in [0.15, 0.2) is 53.4 Å². The number of quaternary nitrogens is 1. The van der Waals surface area contributed by atoms with E-state index in [-0.39, 0.29) is 11.9 Å². The number of nitrogens with zero attached hydrogens (tertiary/aromatic N) is 1. The van der Waals surface area contributed by atoms with E-state index >= 15 is 0 Å². The largest absolute Gasteiger partial charge is 0.332 e. The zero-order valence-corrected chi connectivity index (χ0v) is 14.9. The number of thioether (sulfide) groups is 1. The highest BCUT2D eigenvalue weighted by molar-refractivity contribution is 7.99. The average molecular weight is 361 g/mol. The number of nitrogens with two attached hydrogens (primary N) is 1. The summed E-state index contributed by atoms with van der Waals surface area (Å²) in [7, 11) is 0. The standard InChI is InChI=1S/C18H18ClN3OS/c1-13(14-6-2-3-7-15(14)19)21-12-18(23)22-16-8-4-5-9-17(16)24-11-10-20/h2-9,13,21H,11-12H2,1H3,(H,22,23)/p+1/t13-/m1/s1. The number of hydrogen-bond acceptors (Lipinski definition) is 3. The van der Waals surface area contributed by atoms with Gasteiger partial charge in [-0.25, -0.2) is 0 Å². The summed E-state index contributed by atoms with van der Waals surface area (Å²) in [5.74, 6) is 0.265. The fourth-order valence-corrected chi connectivity index (χ4v) is 3.24. The van der Waals surface area contributed by atoms with Crippen molar-refractivity contribution < 1.29 is 10.1 Å². The van der Waals surface area contributed by atoms with Gasteiger partial charge in [0, 0.05) is 15.5 Å². The molecule has 2 aromatic carbocycles. The highest BCUT2D eigenvalue weighted by Crippen LogP contribution is 2.26. The van der Waals surface area contributed by atoms with Crippen molar-refractivity contribution in [2.45, 2.75) is 17.9 Å². The Hall–Kier alpha value is -2.00. The number of nitrogens with one attached hydrogen (secondary N) is 1. The van der Waals surface area contributed by atoms with Crippen molar-refractivity contribution >= 4 is 35.0 Å². The van der Waals surface area contributed by atoms with Gasteiger partial charge < -0.3 is 10.6 Å². The first-order valence-corrected chi connectivity index (χ1v) is 8.94. The molecule has 0 radical (unpaired) electrons. The van der Waals surface area contributed by atoms with Gasteiger partial charge in [0.15, 0.2) is 6.54 Å². The maximum absolute atomic E-state index is 12.2. The van der Waals surface area contributed by atoms with Gasteiger partial charge in [0.1, 0.15) is 6.04 Å². The van der Waals surface area contributed by atoms with Crippen LogP contribution in [0, 0.1) is 11.3 Å². The lowest BCUT2D eigenvalue weighted by Gasteiger charge is -2.13. The molecule has 124 valence electrons. The maximum Gasteiger partial charge on any atom is 0.279 e. The summed E-state index contributed by atoms with van der Waals surface area (Å²) >= 11 is 7.59. The fourth-order valence-electron chi connectivity index (χ4n) is 2.26. The maximum atomic E-state index is 12.2. The van der Waals surface area contributed by atoms with Crippen LogP contribution in [0.2, 0.25) is 5.02 Å². The monoisotopic (exact) mass is 360 g/mol. The summed E-state index contributed by atoms with van der Waals surface area (Å²) < 4.78 is 0. The number of benzene rings is 2. The van der Waals surface area contributed by atoms with E-state index in [0.717, 1.165) is 16.1 Å². The van der Waals surface area contributed by atoms with Crippen LogP contribution in [0.3, 0.4) is 0 Å². The number of halogens is 1. The third-order valence-electron chi connectivity index (χ3n) is 3.51. The molecule has 0 aliphatic carbocycles. The SMILES string of the molecule is C[C@@H]([NH2+]CC(=O)Nc1ccccc1SCC#N)c1ccccc1Cl. The quantitative estimate of drug-likeness (QED) is 0.745. The van der Waals surface area contributed by atoms with Crippen LogP contribution in [0.4, 0.5) is 5.69 Å². The second-order valence-electron chi connectivity index (χ2n) is 5.24. The summed E-state index contributed by atoms with van der Waals surface area (Å²) in [6.45, 7) is 2.31. The molecule has 2 rings (SSSR count). The Morgan fingerprint density at radius 3 is 2.75 bits per heavy atom. The zero-order chi connectivity index (χ0) is 17.4. The predicted molar refractivity (Wildman–Crippen MR) is 98.1 cm³/mol. The first-order chi connectivity index (χ1) is 11.6. The van der Waals surface area contributed by atoms with Crippen LogP contribution in [-0.2, 0) is 4.79 Å². The fraction of sp³-hybridized carbons (Fsp3) is 0.222. The van der Waals surface area contributed by atoms with Crippen LogP contribution >= 0.6 is 23.4 Å². The molecule has 0 spiro atoms. The molecule has 1 amide bonds. The molecule has 0 aromatic heterocycles. The van der Waals surface area contributed by atoms with E-state index in [4.69, 9.17) is 16.9 Å². The molecule has 0 saturated carbocycles. The van der Waals surface area contributed by atoms with Gasteiger partial charge in [-0.3, -0.25) is 4.79 Å². The van der Waals surface area contributed by atoms with Gasteiger partial charge in [0.05, 0.1) is 17.5 Å². The third kappa shape index (κ3) is 5.27. The van der Waals surface area contributed by atoms with Crippen molar-refractivity contribution in [1.29, 1.82) is 5.26 Å². The summed E-state index contributed by atoms with van der Waals surface area (Å²) in [6, 6.07) is 17.3. The number of nitriles is 1. The summed E-state index contributed by atoms with van der Waals surface area (Å²) in [5, 5.41) is 14.3. The Balaban J connectivity index is 1.92. The second-order valence-corrected chi connectivity index (χ2v) is 6.67. The lowest BCUT2D eigenvalue weighted by atomic mass is 10.1. The lowest BCUT2D eigenvalue weighted by molar-refractivity contribution is -0.682. The number of anilines is 1. The molecule has 0 bridgehead atoms. The van der Waals surface area contributed by atoms with Crippen molar-refractivity contribution in [2.75, 3.05) is 17.6 Å².